The van der Waals surface area contributed by atoms with Crippen LogP contribution in [0.2, 0.25) is 0 Å². The van der Waals surface area contributed by atoms with Gasteiger partial charge in [-0.05, 0) is 6.26 Å². The van der Waals surface area contributed by atoms with E-state index in [2.05, 4.69) is 25.7 Å². The smallest absolute Gasteiger partial charge is 0.108 e. The second-order valence-corrected chi connectivity index (χ2v) is 4.74. The number of rotatable bonds is 4. The molecule has 0 atom stereocenters. The summed E-state index contributed by atoms with van der Waals surface area (Å²) in [7, 11) is 3.40. The van der Waals surface area contributed by atoms with E-state index in [-0.39, 0.29) is 0 Å². The van der Waals surface area contributed by atoms with Crippen LogP contribution in [0.3, 0.4) is 0 Å². The van der Waals surface area contributed by atoms with E-state index in [4.69, 9.17) is 4.74 Å². The summed E-state index contributed by atoms with van der Waals surface area (Å²) >= 11 is 0. The molecule has 3 heteroatoms. The molecular formula is C8H14OS2. The summed E-state index contributed by atoms with van der Waals surface area (Å²) in [6.07, 6.45) is 2.04. The number of hydrogen-bond donors (Lipinski definition) is 0. The first-order valence-corrected chi connectivity index (χ1v) is 6.22. The van der Waals surface area contributed by atoms with Crippen LogP contribution in [-0.2, 0) is 4.74 Å². The van der Waals surface area contributed by atoms with Crippen molar-refractivity contribution in [2.45, 2.75) is 13.8 Å². The van der Waals surface area contributed by atoms with Gasteiger partial charge in [0.1, 0.15) is 12.5 Å². The molecule has 1 nitrogen and oxygen atoms in total. The van der Waals surface area contributed by atoms with Gasteiger partial charge in [0, 0.05) is 5.92 Å². The molecule has 0 aromatic heterocycles. The highest BCUT2D eigenvalue weighted by Gasteiger charge is 1.83. The Bertz CT molecular complexity index is 135. The molecule has 0 unspecified atom stereocenters. The average molecular weight is 190 g/mol. The topological polar surface area (TPSA) is 9.23 Å². The summed E-state index contributed by atoms with van der Waals surface area (Å²) in [5.74, 6) is 7.16. The number of ether oxygens (including phenoxy) is 1. The van der Waals surface area contributed by atoms with E-state index >= 15 is 0 Å². The van der Waals surface area contributed by atoms with Gasteiger partial charge >= 0.3 is 0 Å². The van der Waals surface area contributed by atoms with Gasteiger partial charge in [-0.3, -0.25) is 0 Å². The van der Waals surface area contributed by atoms with Gasteiger partial charge in [-0.2, -0.15) is 0 Å². The lowest BCUT2D eigenvalue weighted by atomic mass is 10.2. The predicted octanol–water partition coefficient (Wildman–Crippen LogP) is 2.63. The molecule has 0 aliphatic carbocycles. The molecule has 0 fully saturated rings. The van der Waals surface area contributed by atoms with Crippen LogP contribution in [0, 0.1) is 17.8 Å². The fourth-order valence-electron chi connectivity index (χ4n) is 0.421. The van der Waals surface area contributed by atoms with E-state index in [0.717, 1.165) is 5.94 Å². The van der Waals surface area contributed by atoms with Gasteiger partial charge < -0.3 is 4.74 Å². The molecule has 0 bridgehead atoms. The first-order valence-electron chi connectivity index (χ1n) is 3.49. The Kier molecular flexibility index (Phi) is 8.48. The normalized spacial score (nSPS) is 9.45. The van der Waals surface area contributed by atoms with Crippen molar-refractivity contribution in [2.75, 3.05) is 18.8 Å². The molecule has 0 heterocycles. The van der Waals surface area contributed by atoms with Gasteiger partial charge in [-0.15, -0.1) is 0 Å². The molecule has 0 rings (SSSR count). The molecule has 0 spiro atoms. The Morgan fingerprint density at radius 3 is 2.73 bits per heavy atom. The van der Waals surface area contributed by atoms with E-state index in [0.29, 0.717) is 12.5 Å². The van der Waals surface area contributed by atoms with E-state index in [1.54, 1.807) is 21.6 Å². The van der Waals surface area contributed by atoms with Gasteiger partial charge in [0.05, 0.1) is 0 Å². The summed E-state index contributed by atoms with van der Waals surface area (Å²) in [5, 5.41) is 0. The molecule has 0 aliphatic rings. The SMILES string of the molecule is CSSCOCC#CC(C)C. The van der Waals surface area contributed by atoms with E-state index < -0.39 is 0 Å². The van der Waals surface area contributed by atoms with Crippen LogP contribution in [0.4, 0.5) is 0 Å². The van der Waals surface area contributed by atoms with Crippen LogP contribution in [0.25, 0.3) is 0 Å². The van der Waals surface area contributed by atoms with Crippen molar-refractivity contribution >= 4 is 21.6 Å². The third-order valence-corrected chi connectivity index (χ3v) is 2.31. The van der Waals surface area contributed by atoms with Crippen LogP contribution < -0.4 is 0 Å². The molecule has 64 valence electrons. The molecule has 0 radical (unpaired) electrons. The molecule has 0 aromatic rings. The first-order chi connectivity index (χ1) is 5.27. The molecular weight excluding hydrogens is 176 g/mol. The monoisotopic (exact) mass is 190 g/mol. The first kappa shape index (κ1) is 11.2. The van der Waals surface area contributed by atoms with Crippen molar-refractivity contribution in [3.63, 3.8) is 0 Å². The van der Waals surface area contributed by atoms with Gasteiger partial charge in [-0.1, -0.05) is 47.3 Å². The maximum atomic E-state index is 5.19. The van der Waals surface area contributed by atoms with E-state index in [9.17, 15) is 0 Å². The van der Waals surface area contributed by atoms with Gasteiger partial charge in [0.15, 0.2) is 0 Å². The molecule has 0 amide bonds. The Hall–Kier alpha value is 0.220. The third-order valence-electron chi connectivity index (χ3n) is 0.814. The van der Waals surface area contributed by atoms with Crippen LogP contribution in [0.15, 0.2) is 0 Å². The lowest BCUT2D eigenvalue weighted by molar-refractivity contribution is 0.223. The number of hydrogen-bond acceptors (Lipinski definition) is 3. The van der Waals surface area contributed by atoms with Crippen LogP contribution in [0.1, 0.15) is 13.8 Å². The van der Waals surface area contributed by atoms with Crippen molar-refractivity contribution in [2.24, 2.45) is 5.92 Å². The van der Waals surface area contributed by atoms with Crippen LogP contribution in [0.5, 0.6) is 0 Å². The highest BCUT2D eigenvalue weighted by Crippen LogP contribution is 2.15. The van der Waals surface area contributed by atoms with Gasteiger partial charge in [-0.25, -0.2) is 0 Å². The minimum absolute atomic E-state index is 0.451. The summed E-state index contributed by atoms with van der Waals surface area (Å²) in [5.41, 5.74) is 0. The van der Waals surface area contributed by atoms with Crippen molar-refractivity contribution in [1.29, 1.82) is 0 Å². The Morgan fingerprint density at radius 1 is 1.45 bits per heavy atom. The van der Waals surface area contributed by atoms with E-state index in [1.807, 2.05) is 6.26 Å². The Morgan fingerprint density at radius 2 is 2.18 bits per heavy atom. The molecule has 11 heavy (non-hydrogen) atoms. The fraction of sp³-hybridized carbons (Fsp3) is 0.750. The maximum Gasteiger partial charge on any atom is 0.108 e. The largest absolute Gasteiger partial charge is 0.357 e. The lowest BCUT2D eigenvalue weighted by Crippen LogP contribution is -1.89. The van der Waals surface area contributed by atoms with Gasteiger partial charge in [0.25, 0.3) is 0 Å². The van der Waals surface area contributed by atoms with Crippen molar-refractivity contribution in [3.05, 3.63) is 0 Å². The Balaban J connectivity index is 3.09. The standard InChI is InChI=1S/C8H14OS2/c1-8(2)5-4-6-9-7-11-10-3/h8H,6-7H2,1-3H3. The quantitative estimate of drug-likeness (QED) is 0.292. The minimum Gasteiger partial charge on any atom is -0.357 e. The van der Waals surface area contributed by atoms with Gasteiger partial charge in [0.2, 0.25) is 0 Å². The van der Waals surface area contributed by atoms with Crippen molar-refractivity contribution in [3.8, 4) is 11.8 Å². The fourth-order valence-corrected chi connectivity index (χ4v) is 1.16. The lowest BCUT2D eigenvalue weighted by Gasteiger charge is -1.95. The molecule has 0 saturated heterocycles. The molecule has 0 aliphatic heterocycles. The zero-order chi connectivity index (χ0) is 8.53. The molecule has 0 aromatic carbocycles. The van der Waals surface area contributed by atoms with Crippen LogP contribution >= 0.6 is 21.6 Å². The second-order valence-electron chi connectivity index (χ2n) is 2.23. The zero-order valence-corrected chi connectivity index (χ0v) is 8.85. The highest BCUT2D eigenvalue weighted by atomic mass is 33.1. The summed E-state index contributed by atoms with van der Waals surface area (Å²) in [6, 6.07) is 0. The highest BCUT2D eigenvalue weighted by molar-refractivity contribution is 8.76. The zero-order valence-electron chi connectivity index (χ0n) is 7.22. The van der Waals surface area contributed by atoms with Crippen molar-refractivity contribution in [1.82, 2.24) is 0 Å². The second kappa shape index (κ2) is 8.32. The maximum absolute atomic E-state index is 5.19. The summed E-state index contributed by atoms with van der Waals surface area (Å²) in [6.45, 7) is 4.71. The van der Waals surface area contributed by atoms with E-state index in [1.165, 1.54) is 0 Å². The van der Waals surface area contributed by atoms with Crippen molar-refractivity contribution < 1.29 is 4.74 Å². The average Bonchev–Trinajstić information content (AvgIpc) is 1.96. The summed E-state index contributed by atoms with van der Waals surface area (Å²) < 4.78 is 5.19. The molecule has 0 N–H and O–H groups in total. The third kappa shape index (κ3) is 10.2. The van der Waals surface area contributed by atoms with Crippen LogP contribution in [-0.4, -0.2) is 18.8 Å². The molecule has 0 saturated carbocycles. The Labute approximate surface area is 77.1 Å². The summed E-state index contributed by atoms with van der Waals surface area (Å²) in [4.78, 5) is 0. The predicted molar refractivity (Wildman–Crippen MR) is 54.5 cm³/mol. The minimum atomic E-state index is 0.451.